The van der Waals surface area contributed by atoms with Crippen molar-refractivity contribution in [3.63, 3.8) is 0 Å². The Morgan fingerprint density at radius 2 is 1.92 bits per heavy atom. The zero-order valence-electron chi connectivity index (χ0n) is 15.0. The molecule has 3 aromatic rings. The van der Waals surface area contributed by atoms with Gasteiger partial charge in [0.2, 0.25) is 0 Å². The number of nitrogens with zero attached hydrogens (tertiary/aromatic N) is 2. The highest BCUT2D eigenvalue weighted by Crippen LogP contribution is 2.27. The molecular formula is C20H26N4O+2. The quantitative estimate of drug-likeness (QED) is 0.718. The largest absolute Gasteiger partial charge is 0.497 e. The Labute approximate surface area is 148 Å². The number of ether oxygens (including phenoxy) is 1. The van der Waals surface area contributed by atoms with Gasteiger partial charge in [0.1, 0.15) is 49.8 Å². The first-order valence-corrected chi connectivity index (χ1v) is 9.02. The SMILES string of the molecule is COc1ccc(-c2nc3c(C)cccn3c2C[NH+]2CC[NH2+]CC2)cc1. The molecule has 0 saturated carbocycles. The minimum Gasteiger partial charge on any atom is -0.497 e. The minimum absolute atomic E-state index is 0.877. The maximum absolute atomic E-state index is 5.30. The van der Waals surface area contributed by atoms with Crippen molar-refractivity contribution in [1.82, 2.24) is 9.38 Å². The molecule has 5 heteroatoms. The van der Waals surface area contributed by atoms with Crippen LogP contribution in [0, 0.1) is 6.92 Å². The highest BCUT2D eigenvalue weighted by molar-refractivity contribution is 5.68. The lowest BCUT2D eigenvalue weighted by Gasteiger charge is -2.22. The van der Waals surface area contributed by atoms with Crippen molar-refractivity contribution in [2.75, 3.05) is 33.3 Å². The maximum atomic E-state index is 5.30. The van der Waals surface area contributed by atoms with Crippen molar-refractivity contribution in [1.29, 1.82) is 0 Å². The summed E-state index contributed by atoms with van der Waals surface area (Å²) in [6.07, 6.45) is 2.15. The first kappa shape index (κ1) is 16.1. The number of methoxy groups -OCH3 is 1. The van der Waals surface area contributed by atoms with Gasteiger partial charge in [-0.05, 0) is 42.8 Å². The summed E-state index contributed by atoms with van der Waals surface area (Å²) in [5.74, 6) is 0.877. The topological polar surface area (TPSA) is 47.6 Å². The first-order valence-electron chi connectivity index (χ1n) is 9.02. The Bertz CT molecular complexity index is 863. The van der Waals surface area contributed by atoms with Crippen LogP contribution in [0.1, 0.15) is 11.3 Å². The number of rotatable bonds is 4. The second-order valence-electron chi connectivity index (χ2n) is 6.81. The predicted molar refractivity (Wildman–Crippen MR) is 98.0 cm³/mol. The van der Waals surface area contributed by atoms with Crippen molar-refractivity contribution in [2.45, 2.75) is 13.5 Å². The van der Waals surface area contributed by atoms with Crippen LogP contribution >= 0.6 is 0 Å². The van der Waals surface area contributed by atoms with Gasteiger partial charge in [-0.1, -0.05) is 6.07 Å². The van der Waals surface area contributed by atoms with Gasteiger partial charge >= 0.3 is 0 Å². The van der Waals surface area contributed by atoms with Crippen LogP contribution in [-0.2, 0) is 6.54 Å². The van der Waals surface area contributed by atoms with Gasteiger partial charge in [-0.25, -0.2) is 4.98 Å². The van der Waals surface area contributed by atoms with E-state index in [-0.39, 0.29) is 0 Å². The Hall–Kier alpha value is -2.37. The molecular weight excluding hydrogens is 312 g/mol. The van der Waals surface area contributed by atoms with Gasteiger partial charge in [0, 0.05) is 11.8 Å². The van der Waals surface area contributed by atoms with Crippen molar-refractivity contribution >= 4 is 5.65 Å². The molecule has 1 saturated heterocycles. The van der Waals surface area contributed by atoms with Crippen molar-refractivity contribution in [2.24, 2.45) is 0 Å². The molecule has 1 aliphatic heterocycles. The number of nitrogens with two attached hydrogens (primary N) is 1. The van der Waals surface area contributed by atoms with Crippen LogP contribution in [0.4, 0.5) is 0 Å². The Balaban J connectivity index is 1.80. The average Bonchev–Trinajstić information content (AvgIpc) is 3.03. The number of pyridine rings is 1. The van der Waals surface area contributed by atoms with E-state index in [0.29, 0.717) is 0 Å². The molecule has 1 fully saturated rings. The van der Waals surface area contributed by atoms with Crippen LogP contribution in [0.3, 0.4) is 0 Å². The van der Waals surface area contributed by atoms with E-state index in [1.54, 1.807) is 12.0 Å². The van der Waals surface area contributed by atoms with Crippen molar-refractivity contribution < 1.29 is 15.0 Å². The fraction of sp³-hybridized carbons (Fsp3) is 0.350. The second-order valence-corrected chi connectivity index (χ2v) is 6.81. The lowest BCUT2D eigenvalue weighted by atomic mass is 10.1. The lowest BCUT2D eigenvalue weighted by molar-refractivity contribution is -0.958. The molecule has 3 N–H and O–H groups in total. The number of fused-ring (bicyclic) bond motifs is 1. The standard InChI is InChI=1S/C20H24N4O/c1-15-4-3-11-24-18(14-23-12-9-21-10-13-23)19(22-20(15)24)16-5-7-17(25-2)8-6-16/h3-8,11,21H,9-10,12-14H2,1-2H3/p+2. The van der Waals surface area contributed by atoms with E-state index >= 15 is 0 Å². The molecule has 3 heterocycles. The predicted octanol–water partition coefficient (Wildman–Crippen LogP) is 0.280. The van der Waals surface area contributed by atoms with E-state index in [4.69, 9.17) is 9.72 Å². The van der Waals surface area contributed by atoms with E-state index in [2.05, 4.69) is 47.1 Å². The second kappa shape index (κ2) is 6.86. The Kier molecular flexibility index (Phi) is 4.42. The monoisotopic (exact) mass is 338 g/mol. The summed E-state index contributed by atoms with van der Waals surface area (Å²) < 4.78 is 7.58. The number of imidazole rings is 1. The highest BCUT2D eigenvalue weighted by atomic mass is 16.5. The summed E-state index contributed by atoms with van der Waals surface area (Å²) >= 11 is 0. The molecule has 0 radical (unpaired) electrons. The summed E-state index contributed by atoms with van der Waals surface area (Å²) in [7, 11) is 1.70. The van der Waals surface area contributed by atoms with Crippen LogP contribution < -0.4 is 15.0 Å². The van der Waals surface area contributed by atoms with E-state index in [9.17, 15) is 0 Å². The molecule has 5 nitrogen and oxygen atoms in total. The molecule has 1 aromatic carbocycles. The summed E-state index contributed by atoms with van der Waals surface area (Å²) in [5, 5.41) is 2.41. The van der Waals surface area contributed by atoms with Crippen LogP contribution in [0.5, 0.6) is 5.75 Å². The molecule has 1 aliphatic rings. The maximum Gasteiger partial charge on any atom is 0.140 e. The molecule has 0 bridgehead atoms. The number of hydrogen-bond donors (Lipinski definition) is 2. The average molecular weight is 338 g/mol. The Morgan fingerprint density at radius 3 is 2.64 bits per heavy atom. The third kappa shape index (κ3) is 3.13. The van der Waals surface area contributed by atoms with Crippen molar-refractivity contribution in [3.05, 3.63) is 53.9 Å². The number of nitrogens with one attached hydrogen (secondary N) is 1. The minimum atomic E-state index is 0.877. The summed E-state index contributed by atoms with van der Waals surface area (Å²) in [6, 6.07) is 12.5. The number of benzene rings is 1. The number of aryl methyl sites for hydroxylation is 1. The van der Waals surface area contributed by atoms with E-state index in [0.717, 1.165) is 29.2 Å². The van der Waals surface area contributed by atoms with E-state index in [1.165, 1.54) is 37.4 Å². The third-order valence-corrected chi connectivity index (χ3v) is 5.13. The number of aromatic nitrogens is 2. The zero-order chi connectivity index (χ0) is 17.2. The highest BCUT2D eigenvalue weighted by Gasteiger charge is 2.22. The van der Waals surface area contributed by atoms with E-state index < -0.39 is 0 Å². The summed E-state index contributed by atoms with van der Waals surface area (Å²) in [5.41, 5.74) is 5.83. The van der Waals surface area contributed by atoms with Crippen LogP contribution in [-0.4, -0.2) is 42.7 Å². The van der Waals surface area contributed by atoms with E-state index in [1.807, 2.05) is 12.1 Å². The van der Waals surface area contributed by atoms with Crippen LogP contribution in [0.2, 0.25) is 0 Å². The lowest BCUT2D eigenvalue weighted by Crippen LogP contribution is -3.19. The number of hydrogen-bond acceptors (Lipinski definition) is 2. The first-order chi connectivity index (χ1) is 12.3. The molecule has 0 unspecified atom stereocenters. The molecule has 25 heavy (non-hydrogen) atoms. The third-order valence-electron chi connectivity index (χ3n) is 5.13. The van der Waals surface area contributed by atoms with Crippen molar-refractivity contribution in [3.8, 4) is 17.0 Å². The molecule has 0 amide bonds. The number of piperazine rings is 1. The smallest absolute Gasteiger partial charge is 0.140 e. The fourth-order valence-electron chi connectivity index (χ4n) is 3.70. The molecule has 4 rings (SSSR count). The van der Waals surface area contributed by atoms with Gasteiger partial charge in [0.05, 0.1) is 12.8 Å². The number of quaternary nitrogens is 2. The molecule has 130 valence electrons. The van der Waals surface area contributed by atoms with Gasteiger partial charge < -0.3 is 15.0 Å². The normalized spacial score (nSPS) is 15.6. The van der Waals surface area contributed by atoms with Gasteiger partial charge in [-0.15, -0.1) is 0 Å². The van der Waals surface area contributed by atoms with Gasteiger partial charge in [-0.3, -0.25) is 4.40 Å². The Morgan fingerprint density at radius 1 is 1.16 bits per heavy atom. The summed E-state index contributed by atoms with van der Waals surface area (Å²) in [6.45, 7) is 7.99. The molecule has 0 atom stereocenters. The van der Waals surface area contributed by atoms with Crippen LogP contribution in [0.15, 0.2) is 42.6 Å². The van der Waals surface area contributed by atoms with Gasteiger partial charge in [0.15, 0.2) is 0 Å². The summed E-state index contributed by atoms with van der Waals surface area (Å²) in [4.78, 5) is 6.64. The molecule has 2 aromatic heterocycles. The van der Waals surface area contributed by atoms with Gasteiger partial charge in [0.25, 0.3) is 0 Å². The fourth-order valence-corrected chi connectivity index (χ4v) is 3.70. The van der Waals surface area contributed by atoms with Gasteiger partial charge in [-0.2, -0.15) is 0 Å². The van der Waals surface area contributed by atoms with Crippen LogP contribution in [0.25, 0.3) is 16.9 Å². The molecule has 0 spiro atoms. The molecule has 0 aliphatic carbocycles. The zero-order valence-corrected chi connectivity index (χ0v) is 15.0.